The van der Waals surface area contributed by atoms with Gasteiger partial charge in [0.05, 0.1) is 6.61 Å². The second-order valence-electron chi connectivity index (χ2n) is 6.05. The van der Waals surface area contributed by atoms with E-state index in [9.17, 15) is 4.79 Å². The highest BCUT2D eigenvalue weighted by atomic mass is 16.5. The number of benzene rings is 1. The van der Waals surface area contributed by atoms with Crippen molar-refractivity contribution in [3.8, 4) is 0 Å². The molecule has 0 radical (unpaired) electrons. The van der Waals surface area contributed by atoms with Crippen molar-refractivity contribution in [2.75, 3.05) is 18.5 Å². The zero-order valence-electron chi connectivity index (χ0n) is 14.6. The SMILES string of the molecule is CCCCCNc1cccc(C(CCCC)CCOC(N)=O)c1. The van der Waals surface area contributed by atoms with Gasteiger partial charge in [-0.15, -0.1) is 0 Å². The van der Waals surface area contributed by atoms with E-state index in [1.807, 2.05) is 0 Å². The first-order chi connectivity index (χ1) is 11.2. The molecule has 0 aliphatic carbocycles. The predicted molar refractivity (Wildman–Crippen MR) is 96.9 cm³/mol. The van der Waals surface area contributed by atoms with Gasteiger partial charge in [-0.25, -0.2) is 4.79 Å². The number of nitrogens with two attached hydrogens (primary N) is 1. The van der Waals surface area contributed by atoms with Crippen LogP contribution in [0.5, 0.6) is 0 Å². The van der Waals surface area contributed by atoms with Crippen molar-refractivity contribution in [1.29, 1.82) is 0 Å². The second kappa shape index (κ2) is 11.8. The molecular formula is C19H32N2O2. The lowest BCUT2D eigenvalue weighted by molar-refractivity contribution is 0.152. The summed E-state index contributed by atoms with van der Waals surface area (Å²) in [5.41, 5.74) is 7.54. The summed E-state index contributed by atoms with van der Waals surface area (Å²) in [7, 11) is 0. The Morgan fingerprint density at radius 3 is 2.65 bits per heavy atom. The molecule has 1 aromatic rings. The average molecular weight is 320 g/mol. The first-order valence-electron chi connectivity index (χ1n) is 8.93. The van der Waals surface area contributed by atoms with E-state index in [1.165, 1.54) is 43.4 Å². The number of carbonyl (C=O) groups excluding carboxylic acids is 1. The summed E-state index contributed by atoms with van der Waals surface area (Å²) >= 11 is 0. The van der Waals surface area contributed by atoms with Gasteiger partial charge in [0.15, 0.2) is 0 Å². The molecule has 1 atom stereocenters. The minimum atomic E-state index is -0.689. The van der Waals surface area contributed by atoms with Crippen LogP contribution in [-0.2, 0) is 4.74 Å². The van der Waals surface area contributed by atoms with Crippen LogP contribution in [0.25, 0.3) is 0 Å². The molecule has 23 heavy (non-hydrogen) atoms. The van der Waals surface area contributed by atoms with E-state index in [0.29, 0.717) is 12.5 Å². The van der Waals surface area contributed by atoms with E-state index in [2.05, 4.69) is 43.4 Å². The Balaban J connectivity index is 2.62. The predicted octanol–water partition coefficient (Wildman–Crippen LogP) is 5.05. The number of primary amides is 1. The topological polar surface area (TPSA) is 64.3 Å². The van der Waals surface area contributed by atoms with Crippen LogP contribution in [0.1, 0.15) is 70.3 Å². The lowest BCUT2D eigenvalue weighted by atomic mass is 9.90. The number of rotatable bonds is 12. The molecule has 1 aromatic carbocycles. The highest BCUT2D eigenvalue weighted by Gasteiger charge is 2.12. The highest BCUT2D eigenvalue weighted by molar-refractivity contribution is 5.64. The molecule has 1 unspecified atom stereocenters. The number of ether oxygens (including phenoxy) is 1. The number of carbonyl (C=O) groups is 1. The standard InChI is InChI=1S/C19H32N2O2/c1-3-5-7-13-21-18-11-8-10-17(15-18)16(9-6-4-2)12-14-23-19(20)22/h8,10-11,15-16,21H,3-7,9,12-14H2,1-2H3,(H2,20,22). The Kier molecular flexibility index (Phi) is 9.92. The molecule has 4 heteroatoms. The average Bonchev–Trinajstić information content (AvgIpc) is 2.55. The van der Waals surface area contributed by atoms with Gasteiger partial charge in [-0.3, -0.25) is 0 Å². The molecule has 4 nitrogen and oxygen atoms in total. The Morgan fingerprint density at radius 1 is 1.17 bits per heavy atom. The third-order valence-corrected chi connectivity index (χ3v) is 4.08. The lowest BCUT2D eigenvalue weighted by Crippen LogP contribution is -2.15. The van der Waals surface area contributed by atoms with Crippen LogP contribution in [0.2, 0.25) is 0 Å². The molecule has 0 heterocycles. The second-order valence-corrected chi connectivity index (χ2v) is 6.05. The van der Waals surface area contributed by atoms with E-state index in [0.717, 1.165) is 19.4 Å². The van der Waals surface area contributed by atoms with Gasteiger partial charge in [0.1, 0.15) is 0 Å². The fraction of sp³-hybridized carbons (Fsp3) is 0.632. The van der Waals surface area contributed by atoms with Gasteiger partial charge < -0.3 is 15.8 Å². The maximum Gasteiger partial charge on any atom is 0.404 e. The summed E-state index contributed by atoms with van der Waals surface area (Å²) in [6.45, 7) is 5.81. The van der Waals surface area contributed by atoms with Crippen LogP contribution in [0.3, 0.4) is 0 Å². The maximum absolute atomic E-state index is 10.7. The minimum absolute atomic E-state index is 0.387. The molecule has 1 amide bonds. The van der Waals surface area contributed by atoms with Gasteiger partial charge in [-0.05, 0) is 42.9 Å². The summed E-state index contributed by atoms with van der Waals surface area (Å²) in [6.07, 6.45) is 7.28. The maximum atomic E-state index is 10.7. The first-order valence-corrected chi connectivity index (χ1v) is 8.93. The summed E-state index contributed by atoms with van der Waals surface area (Å²) in [5.74, 6) is 0.409. The highest BCUT2D eigenvalue weighted by Crippen LogP contribution is 2.27. The zero-order chi connectivity index (χ0) is 16.9. The van der Waals surface area contributed by atoms with E-state index in [4.69, 9.17) is 10.5 Å². The molecule has 0 aliphatic rings. The molecule has 1 rings (SSSR count). The van der Waals surface area contributed by atoms with Crippen LogP contribution >= 0.6 is 0 Å². The number of anilines is 1. The number of nitrogens with one attached hydrogen (secondary N) is 1. The largest absolute Gasteiger partial charge is 0.450 e. The van der Waals surface area contributed by atoms with Crippen LogP contribution in [0.4, 0.5) is 10.5 Å². The van der Waals surface area contributed by atoms with Gasteiger partial charge in [0, 0.05) is 12.2 Å². The van der Waals surface area contributed by atoms with Crippen molar-refractivity contribution >= 4 is 11.8 Å². The van der Waals surface area contributed by atoms with E-state index in [-0.39, 0.29) is 0 Å². The monoisotopic (exact) mass is 320 g/mol. The lowest BCUT2D eigenvalue weighted by Gasteiger charge is -2.18. The minimum Gasteiger partial charge on any atom is -0.450 e. The van der Waals surface area contributed by atoms with Crippen molar-refractivity contribution in [3.05, 3.63) is 29.8 Å². The fourth-order valence-electron chi connectivity index (χ4n) is 2.74. The number of hydrogen-bond acceptors (Lipinski definition) is 3. The molecule has 0 fully saturated rings. The third kappa shape index (κ3) is 8.48. The summed E-state index contributed by atoms with van der Waals surface area (Å²) in [6, 6.07) is 8.62. The molecule has 0 saturated carbocycles. The van der Waals surface area contributed by atoms with Crippen molar-refractivity contribution < 1.29 is 9.53 Å². The fourth-order valence-corrected chi connectivity index (χ4v) is 2.74. The van der Waals surface area contributed by atoms with Gasteiger partial charge in [0.25, 0.3) is 0 Å². The van der Waals surface area contributed by atoms with Gasteiger partial charge in [-0.2, -0.15) is 0 Å². The van der Waals surface area contributed by atoms with Gasteiger partial charge in [0.2, 0.25) is 0 Å². The zero-order valence-corrected chi connectivity index (χ0v) is 14.6. The van der Waals surface area contributed by atoms with Crippen molar-refractivity contribution in [1.82, 2.24) is 0 Å². The Bertz CT molecular complexity index is 449. The molecule has 0 bridgehead atoms. The number of amides is 1. The van der Waals surface area contributed by atoms with Crippen LogP contribution in [0.15, 0.2) is 24.3 Å². The molecule has 130 valence electrons. The smallest absolute Gasteiger partial charge is 0.404 e. The normalized spacial score (nSPS) is 11.9. The van der Waals surface area contributed by atoms with Gasteiger partial charge in [-0.1, -0.05) is 51.7 Å². The van der Waals surface area contributed by atoms with Crippen molar-refractivity contribution in [3.63, 3.8) is 0 Å². The van der Waals surface area contributed by atoms with E-state index < -0.39 is 6.09 Å². The molecule has 0 aromatic heterocycles. The molecule has 0 saturated heterocycles. The van der Waals surface area contributed by atoms with Crippen LogP contribution in [0, 0.1) is 0 Å². The quantitative estimate of drug-likeness (QED) is 0.530. The number of unbranched alkanes of at least 4 members (excludes halogenated alkanes) is 3. The van der Waals surface area contributed by atoms with Crippen molar-refractivity contribution in [2.45, 2.75) is 64.7 Å². The summed E-state index contributed by atoms with van der Waals surface area (Å²) < 4.78 is 4.92. The van der Waals surface area contributed by atoms with E-state index in [1.54, 1.807) is 0 Å². The molecule has 0 spiro atoms. The Hall–Kier alpha value is -1.71. The first kappa shape index (κ1) is 19.3. The summed E-state index contributed by atoms with van der Waals surface area (Å²) in [4.78, 5) is 10.7. The van der Waals surface area contributed by atoms with Crippen LogP contribution in [-0.4, -0.2) is 19.2 Å². The van der Waals surface area contributed by atoms with Crippen molar-refractivity contribution in [2.24, 2.45) is 5.73 Å². The Morgan fingerprint density at radius 2 is 1.96 bits per heavy atom. The summed E-state index contributed by atoms with van der Waals surface area (Å²) in [5, 5.41) is 3.50. The third-order valence-electron chi connectivity index (χ3n) is 4.08. The van der Waals surface area contributed by atoms with Gasteiger partial charge >= 0.3 is 6.09 Å². The Labute approximate surface area is 140 Å². The molecule has 3 N–H and O–H groups in total. The molecular weight excluding hydrogens is 288 g/mol. The number of hydrogen-bond donors (Lipinski definition) is 2. The van der Waals surface area contributed by atoms with E-state index >= 15 is 0 Å². The van der Waals surface area contributed by atoms with Crippen LogP contribution < -0.4 is 11.1 Å². The molecule has 0 aliphatic heterocycles.